The van der Waals surface area contributed by atoms with Gasteiger partial charge in [-0.2, -0.15) is 0 Å². The van der Waals surface area contributed by atoms with Crippen molar-refractivity contribution < 1.29 is 9.53 Å². The Morgan fingerprint density at radius 3 is 2.57 bits per heavy atom. The Hall–Kier alpha value is -1.00. The molecule has 0 spiro atoms. The molecule has 0 aliphatic carbocycles. The fourth-order valence-electron chi connectivity index (χ4n) is 2.12. The van der Waals surface area contributed by atoms with Gasteiger partial charge in [-0.05, 0) is 63.9 Å². The van der Waals surface area contributed by atoms with E-state index in [2.05, 4.69) is 37.4 Å². The van der Waals surface area contributed by atoms with E-state index in [0.29, 0.717) is 6.61 Å². The first kappa shape index (κ1) is 18.1. The van der Waals surface area contributed by atoms with Crippen molar-refractivity contribution in [3.63, 3.8) is 0 Å². The molecule has 0 saturated heterocycles. The smallest absolute Gasteiger partial charge is 0.326 e. The minimum atomic E-state index is -0.600. The SMILES string of the molecule is CCNC(C)(CCSc1ccc(C)c(C)c1)C(=O)OCC. The number of hydrogen-bond donors (Lipinski definition) is 1. The maximum absolute atomic E-state index is 12.1. The first-order valence-electron chi connectivity index (χ1n) is 7.55. The molecule has 4 heteroatoms. The Labute approximate surface area is 132 Å². The highest BCUT2D eigenvalue weighted by molar-refractivity contribution is 7.99. The third kappa shape index (κ3) is 5.36. The van der Waals surface area contributed by atoms with E-state index < -0.39 is 5.54 Å². The third-order valence-corrected chi connectivity index (χ3v) is 4.64. The molecule has 21 heavy (non-hydrogen) atoms. The number of thioether (sulfide) groups is 1. The van der Waals surface area contributed by atoms with Crippen molar-refractivity contribution in [3.8, 4) is 0 Å². The number of nitrogens with one attached hydrogen (secondary N) is 1. The number of likely N-dealkylation sites (N-methyl/N-ethyl adjacent to an activating group) is 1. The molecule has 1 N–H and O–H groups in total. The van der Waals surface area contributed by atoms with E-state index in [1.807, 2.05) is 20.8 Å². The highest BCUT2D eigenvalue weighted by atomic mass is 32.2. The molecule has 0 radical (unpaired) electrons. The number of carbonyl (C=O) groups excluding carboxylic acids is 1. The maximum atomic E-state index is 12.1. The van der Waals surface area contributed by atoms with Gasteiger partial charge in [-0.3, -0.25) is 4.79 Å². The quantitative estimate of drug-likeness (QED) is 0.587. The van der Waals surface area contributed by atoms with E-state index in [1.54, 1.807) is 11.8 Å². The van der Waals surface area contributed by atoms with Crippen LogP contribution in [0.2, 0.25) is 0 Å². The van der Waals surface area contributed by atoms with E-state index in [-0.39, 0.29) is 5.97 Å². The Morgan fingerprint density at radius 1 is 1.29 bits per heavy atom. The molecule has 1 atom stereocenters. The Kier molecular flexibility index (Phi) is 7.26. The second kappa shape index (κ2) is 8.44. The fourth-order valence-corrected chi connectivity index (χ4v) is 3.29. The number of aryl methyl sites for hydroxylation is 2. The van der Waals surface area contributed by atoms with Gasteiger partial charge in [0.1, 0.15) is 5.54 Å². The van der Waals surface area contributed by atoms with Crippen LogP contribution in [0.15, 0.2) is 23.1 Å². The average molecular weight is 309 g/mol. The zero-order valence-electron chi connectivity index (χ0n) is 13.8. The number of benzene rings is 1. The molecular formula is C17H27NO2S. The van der Waals surface area contributed by atoms with Crippen molar-refractivity contribution in [2.45, 2.75) is 51.5 Å². The summed E-state index contributed by atoms with van der Waals surface area (Å²) in [5, 5.41) is 3.26. The lowest BCUT2D eigenvalue weighted by molar-refractivity contribution is -0.150. The van der Waals surface area contributed by atoms with Crippen molar-refractivity contribution in [1.82, 2.24) is 5.32 Å². The van der Waals surface area contributed by atoms with Gasteiger partial charge in [0.25, 0.3) is 0 Å². The van der Waals surface area contributed by atoms with Crippen LogP contribution in [-0.4, -0.2) is 30.4 Å². The van der Waals surface area contributed by atoms with Gasteiger partial charge in [0.2, 0.25) is 0 Å². The molecule has 0 heterocycles. The van der Waals surface area contributed by atoms with Crippen LogP contribution >= 0.6 is 11.8 Å². The molecule has 1 unspecified atom stereocenters. The van der Waals surface area contributed by atoms with E-state index in [9.17, 15) is 4.79 Å². The number of ether oxygens (including phenoxy) is 1. The monoisotopic (exact) mass is 309 g/mol. The van der Waals surface area contributed by atoms with Crippen LogP contribution < -0.4 is 5.32 Å². The number of hydrogen-bond acceptors (Lipinski definition) is 4. The van der Waals surface area contributed by atoms with Crippen LogP contribution in [0, 0.1) is 13.8 Å². The minimum Gasteiger partial charge on any atom is -0.465 e. The summed E-state index contributed by atoms with van der Waals surface area (Å²) < 4.78 is 5.19. The second-order valence-electron chi connectivity index (χ2n) is 5.43. The molecule has 1 aromatic carbocycles. The zero-order chi connectivity index (χ0) is 15.9. The molecule has 0 amide bonds. The molecule has 0 aliphatic heterocycles. The summed E-state index contributed by atoms with van der Waals surface area (Å²) in [5.74, 6) is 0.720. The molecule has 0 bridgehead atoms. The van der Waals surface area contributed by atoms with Crippen molar-refractivity contribution >= 4 is 17.7 Å². The molecular weight excluding hydrogens is 282 g/mol. The van der Waals surface area contributed by atoms with Crippen LogP contribution in [0.1, 0.15) is 38.3 Å². The van der Waals surface area contributed by atoms with Gasteiger partial charge < -0.3 is 10.1 Å². The molecule has 0 aromatic heterocycles. The first-order valence-corrected chi connectivity index (χ1v) is 8.53. The van der Waals surface area contributed by atoms with Crippen molar-refractivity contribution in [1.29, 1.82) is 0 Å². The predicted molar refractivity (Wildman–Crippen MR) is 90.0 cm³/mol. The number of carbonyl (C=O) groups is 1. The Balaban J connectivity index is 2.60. The van der Waals surface area contributed by atoms with Gasteiger partial charge in [-0.1, -0.05) is 13.0 Å². The Bertz CT molecular complexity index is 476. The summed E-state index contributed by atoms with van der Waals surface area (Å²) in [6, 6.07) is 6.49. The first-order chi connectivity index (χ1) is 9.92. The molecule has 0 saturated carbocycles. The van der Waals surface area contributed by atoms with Gasteiger partial charge in [-0.25, -0.2) is 0 Å². The normalized spacial score (nSPS) is 13.8. The highest BCUT2D eigenvalue weighted by Crippen LogP contribution is 2.24. The van der Waals surface area contributed by atoms with Crippen LogP contribution in [0.5, 0.6) is 0 Å². The van der Waals surface area contributed by atoms with Crippen molar-refractivity contribution in [2.24, 2.45) is 0 Å². The van der Waals surface area contributed by atoms with Gasteiger partial charge in [0, 0.05) is 10.6 Å². The summed E-state index contributed by atoms with van der Waals surface area (Å²) >= 11 is 1.78. The molecule has 3 nitrogen and oxygen atoms in total. The largest absolute Gasteiger partial charge is 0.465 e. The predicted octanol–water partition coefficient (Wildman–Crippen LogP) is 3.72. The second-order valence-corrected chi connectivity index (χ2v) is 6.60. The van der Waals surface area contributed by atoms with Gasteiger partial charge in [0.15, 0.2) is 0 Å². The van der Waals surface area contributed by atoms with E-state index in [4.69, 9.17) is 4.74 Å². The number of esters is 1. The highest BCUT2D eigenvalue weighted by Gasteiger charge is 2.33. The van der Waals surface area contributed by atoms with Crippen LogP contribution in [0.3, 0.4) is 0 Å². The molecule has 1 rings (SSSR count). The molecule has 0 fully saturated rings. The van der Waals surface area contributed by atoms with Gasteiger partial charge >= 0.3 is 5.97 Å². The summed E-state index contributed by atoms with van der Waals surface area (Å²) in [6.45, 7) is 11.2. The number of rotatable bonds is 8. The topological polar surface area (TPSA) is 38.3 Å². The van der Waals surface area contributed by atoms with Crippen molar-refractivity contribution in [2.75, 3.05) is 18.9 Å². The third-order valence-electron chi connectivity index (χ3n) is 3.64. The van der Waals surface area contributed by atoms with Crippen LogP contribution in [0.25, 0.3) is 0 Å². The Morgan fingerprint density at radius 2 is 2.00 bits per heavy atom. The molecule has 1 aromatic rings. The van der Waals surface area contributed by atoms with E-state index in [0.717, 1.165) is 18.7 Å². The molecule has 0 aliphatic rings. The lowest BCUT2D eigenvalue weighted by atomic mass is 9.99. The zero-order valence-corrected chi connectivity index (χ0v) is 14.6. The molecule has 118 valence electrons. The lowest BCUT2D eigenvalue weighted by Gasteiger charge is -2.28. The maximum Gasteiger partial charge on any atom is 0.326 e. The van der Waals surface area contributed by atoms with E-state index in [1.165, 1.54) is 16.0 Å². The standard InChI is InChI=1S/C17H27NO2S/c1-6-18-17(5,16(19)20-7-2)10-11-21-15-9-8-13(3)14(4)12-15/h8-9,12,18H,6-7,10-11H2,1-5H3. The van der Waals surface area contributed by atoms with E-state index >= 15 is 0 Å². The van der Waals surface area contributed by atoms with Gasteiger partial charge in [-0.15, -0.1) is 11.8 Å². The van der Waals surface area contributed by atoms with Crippen molar-refractivity contribution in [3.05, 3.63) is 29.3 Å². The van der Waals surface area contributed by atoms with Crippen LogP contribution in [-0.2, 0) is 9.53 Å². The summed E-state index contributed by atoms with van der Waals surface area (Å²) in [7, 11) is 0. The summed E-state index contributed by atoms with van der Waals surface area (Å²) in [6.07, 6.45) is 0.747. The minimum absolute atomic E-state index is 0.160. The fraction of sp³-hybridized carbons (Fsp3) is 0.588. The van der Waals surface area contributed by atoms with Crippen LogP contribution in [0.4, 0.5) is 0 Å². The summed E-state index contributed by atoms with van der Waals surface area (Å²) in [5.41, 5.74) is 2.01. The summed E-state index contributed by atoms with van der Waals surface area (Å²) in [4.78, 5) is 13.4. The lowest BCUT2D eigenvalue weighted by Crippen LogP contribution is -2.50. The average Bonchev–Trinajstić information content (AvgIpc) is 2.43. The van der Waals surface area contributed by atoms with Gasteiger partial charge in [0.05, 0.1) is 6.61 Å².